The minimum absolute atomic E-state index is 0.290. The van der Waals surface area contributed by atoms with Crippen LogP contribution in [0, 0.1) is 0 Å². The van der Waals surface area contributed by atoms with Crippen molar-refractivity contribution in [2.75, 3.05) is 24.6 Å². The van der Waals surface area contributed by atoms with Gasteiger partial charge in [-0.2, -0.15) is 0 Å². The molecule has 0 spiro atoms. The van der Waals surface area contributed by atoms with Crippen molar-refractivity contribution in [3.63, 3.8) is 0 Å². The highest BCUT2D eigenvalue weighted by Gasteiger charge is 2.30. The van der Waals surface area contributed by atoms with Gasteiger partial charge >= 0.3 is 6.09 Å². The summed E-state index contributed by atoms with van der Waals surface area (Å²) in [6, 6.07) is 6.82. The molecule has 1 amide bonds. The first kappa shape index (κ1) is 13.4. The molecule has 5 heteroatoms. The number of rotatable bonds is 3. The first-order chi connectivity index (χ1) is 9.66. The number of cyclic esters (lactones) is 1. The van der Waals surface area contributed by atoms with E-state index < -0.39 is 0 Å². The van der Waals surface area contributed by atoms with E-state index in [1.54, 1.807) is 4.90 Å². The van der Waals surface area contributed by atoms with Crippen LogP contribution in [0.3, 0.4) is 0 Å². The Morgan fingerprint density at radius 2 is 2.20 bits per heavy atom. The number of nitrogens with zero attached hydrogens (tertiary/aromatic N) is 3. The normalized spacial score (nSPS) is 23.6. The first-order valence-corrected chi connectivity index (χ1v) is 7.34. The number of likely N-dealkylation sites (tertiary alicyclic amines) is 1. The molecule has 108 valence electrons. The number of carbonyl (C=O) groups excluding carboxylic acids is 1. The average molecular weight is 275 g/mol. The van der Waals surface area contributed by atoms with Gasteiger partial charge in [0.15, 0.2) is 0 Å². The number of pyridine rings is 1. The van der Waals surface area contributed by atoms with Gasteiger partial charge < -0.3 is 4.74 Å². The summed E-state index contributed by atoms with van der Waals surface area (Å²) in [5, 5.41) is 0. The summed E-state index contributed by atoms with van der Waals surface area (Å²) in [5.41, 5.74) is 1.06. The number of hydrogen-bond donors (Lipinski definition) is 0. The summed E-state index contributed by atoms with van der Waals surface area (Å²) >= 11 is 0. The van der Waals surface area contributed by atoms with Gasteiger partial charge in [-0.25, -0.2) is 9.78 Å². The first-order valence-electron chi connectivity index (χ1n) is 7.34. The summed E-state index contributed by atoms with van der Waals surface area (Å²) in [6.45, 7) is 6.61. The van der Waals surface area contributed by atoms with Crippen molar-refractivity contribution < 1.29 is 9.53 Å². The molecule has 0 N–H and O–H groups in total. The molecular formula is C15H21N3O2. The predicted octanol–water partition coefficient (Wildman–Crippen LogP) is 2.58. The monoisotopic (exact) mass is 275 g/mol. The highest BCUT2D eigenvalue weighted by Crippen LogP contribution is 2.33. The fraction of sp³-hybridized carbons (Fsp3) is 0.600. The molecule has 1 aromatic heterocycles. The second-order valence-corrected chi connectivity index (χ2v) is 5.68. The van der Waals surface area contributed by atoms with Crippen LogP contribution in [0.1, 0.15) is 38.4 Å². The highest BCUT2D eigenvalue weighted by molar-refractivity contribution is 5.88. The quantitative estimate of drug-likeness (QED) is 0.850. The zero-order chi connectivity index (χ0) is 14.1. The largest absolute Gasteiger partial charge is 0.447 e. The standard InChI is InChI=1S/C15H21N3O2/c1-11(2)17-8-4-6-13(17)12-5-3-7-14(16-12)18-9-10-20-15(18)19/h3,5,7,11,13H,4,6,8-10H2,1-2H3. The minimum Gasteiger partial charge on any atom is -0.447 e. The SMILES string of the molecule is CC(C)N1CCCC1c1cccc(N2CCOC2=O)n1. The smallest absolute Gasteiger partial charge is 0.415 e. The van der Waals surface area contributed by atoms with Gasteiger partial charge in [0.25, 0.3) is 0 Å². The van der Waals surface area contributed by atoms with E-state index in [1.807, 2.05) is 12.1 Å². The van der Waals surface area contributed by atoms with Gasteiger partial charge in [0.05, 0.1) is 18.3 Å². The molecule has 2 saturated heterocycles. The molecule has 1 aromatic rings. The zero-order valence-corrected chi connectivity index (χ0v) is 12.1. The van der Waals surface area contributed by atoms with E-state index in [0.717, 1.165) is 18.7 Å². The van der Waals surface area contributed by atoms with Gasteiger partial charge in [-0.05, 0) is 45.4 Å². The Hall–Kier alpha value is -1.62. The van der Waals surface area contributed by atoms with Crippen LogP contribution in [0.2, 0.25) is 0 Å². The molecule has 0 bridgehead atoms. The van der Waals surface area contributed by atoms with E-state index in [-0.39, 0.29) is 6.09 Å². The number of amides is 1. The van der Waals surface area contributed by atoms with Crippen molar-refractivity contribution in [2.24, 2.45) is 0 Å². The number of carbonyl (C=O) groups is 1. The Bertz CT molecular complexity index is 504. The second-order valence-electron chi connectivity index (χ2n) is 5.68. The van der Waals surface area contributed by atoms with E-state index in [1.165, 1.54) is 6.42 Å². The Kier molecular flexibility index (Phi) is 3.61. The van der Waals surface area contributed by atoms with Crippen LogP contribution in [0.15, 0.2) is 18.2 Å². The lowest BCUT2D eigenvalue weighted by Gasteiger charge is -2.28. The van der Waals surface area contributed by atoms with Crippen LogP contribution in [0.4, 0.5) is 10.6 Å². The summed E-state index contributed by atoms with van der Waals surface area (Å²) in [4.78, 5) is 20.4. The van der Waals surface area contributed by atoms with Crippen molar-refractivity contribution in [2.45, 2.75) is 38.8 Å². The zero-order valence-electron chi connectivity index (χ0n) is 12.1. The molecule has 2 fully saturated rings. The third kappa shape index (κ3) is 2.38. The summed E-state index contributed by atoms with van der Waals surface area (Å²) in [7, 11) is 0. The van der Waals surface area contributed by atoms with E-state index in [4.69, 9.17) is 9.72 Å². The molecule has 1 atom stereocenters. The Morgan fingerprint density at radius 1 is 1.35 bits per heavy atom. The van der Waals surface area contributed by atoms with Crippen molar-refractivity contribution in [3.8, 4) is 0 Å². The summed E-state index contributed by atoms with van der Waals surface area (Å²) < 4.78 is 4.98. The molecule has 3 heterocycles. The molecule has 3 rings (SSSR count). The van der Waals surface area contributed by atoms with E-state index in [9.17, 15) is 4.79 Å². The van der Waals surface area contributed by atoms with E-state index >= 15 is 0 Å². The maximum absolute atomic E-state index is 11.6. The molecule has 5 nitrogen and oxygen atoms in total. The summed E-state index contributed by atoms with van der Waals surface area (Å²) in [5.74, 6) is 0.709. The molecule has 2 aliphatic heterocycles. The number of hydrogen-bond acceptors (Lipinski definition) is 4. The molecule has 20 heavy (non-hydrogen) atoms. The van der Waals surface area contributed by atoms with Crippen molar-refractivity contribution in [1.82, 2.24) is 9.88 Å². The molecule has 0 radical (unpaired) electrons. The molecule has 0 aliphatic carbocycles. The maximum atomic E-state index is 11.6. The molecule has 1 unspecified atom stereocenters. The summed E-state index contributed by atoms with van der Waals surface area (Å²) in [6.07, 6.45) is 2.06. The van der Waals surface area contributed by atoms with Gasteiger partial charge in [-0.1, -0.05) is 6.07 Å². The molecule has 0 saturated carbocycles. The minimum atomic E-state index is -0.290. The Balaban J connectivity index is 1.85. The number of anilines is 1. The third-order valence-electron chi connectivity index (χ3n) is 4.09. The molecule has 0 aromatic carbocycles. The average Bonchev–Trinajstić information content (AvgIpc) is 3.07. The lowest BCUT2D eigenvalue weighted by Crippen LogP contribution is -2.31. The van der Waals surface area contributed by atoms with E-state index in [0.29, 0.717) is 31.1 Å². The fourth-order valence-electron chi connectivity index (χ4n) is 3.10. The maximum Gasteiger partial charge on any atom is 0.415 e. The fourth-order valence-corrected chi connectivity index (χ4v) is 3.10. The van der Waals surface area contributed by atoms with Gasteiger partial charge in [-0.3, -0.25) is 9.80 Å². The second kappa shape index (κ2) is 5.40. The Morgan fingerprint density at radius 3 is 2.90 bits per heavy atom. The number of ether oxygens (including phenoxy) is 1. The van der Waals surface area contributed by atoms with Crippen LogP contribution in [0.5, 0.6) is 0 Å². The van der Waals surface area contributed by atoms with Crippen LogP contribution in [-0.2, 0) is 4.74 Å². The van der Waals surface area contributed by atoms with Crippen molar-refractivity contribution in [3.05, 3.63) is 23.9 Å². The Labute approximate surface area is 119 Å². The van der Waals surface area contributed by atoms with E-state index in [2.05, 4.69) is 24.8 Å². The van der Waals surface area contributed by atoms with Crippen LogP contribution in [0.25, 0.3) is 0 Å². The van der Waals surface area contributed by atoms with Gasteiger partial charge in [0.1, 0.15) is 12.4 Å². The third-order valence-corrected chi connectivity index (χ3v) is 4.09. The van der Waals surface area contributed by atoms with Gasteiger partial charge in [0, 0.05) is 6.04 Å². The lowest BCUT2D eigenvalue weighted by atomic mass is 10.1. The highest BCUT2D eigenvalue weighted by atomic mass is 16.6. The topological polar surface area (TPSA) is 45.7 Å². The van der Waals surface area contributed by atoms with Gasteiger partial charge in [0.2, 0.25) is 0 Å². The lowest BCUT2D eigenvalue weighted by molar-refractivity contribution is 0.181. The number of aromatic nitrogens is 1. The van der Waals surface area contributed by atoms with Crippen LogP contribution >= 0.6 is 0 Å². The van der Waals surface area contributed by atoms with Crippen LogP contribution in [-0.4, -0.2) is 41.7 Å². The van der Waals surface area contributed by atoms with Gasteiger partial charge in [-0.15, -0.1) is 0 Å². The van der Waals surface area contributed by atoms with Crippen LogP contribution < -0.4 is 4.90 Å². The molecule has 2 aliphatic rings. The van der Waals surface area contributed by atoms with Crippen molar-refractivity contribution >= 4 is 11.9 Å². The molecular weight excluding hydrogens is 254 g/mol. The predicted molar refractivity (Wildman–Crippen MR) is 76.7 cm³/mol. The van der Waals surface area contributed by atoms with Crippen molar-refractivity contribution in [1.29, 1.82) is 0 Å².